The highest BCUT2D eigenvalue weighted by Gasteiger charge is 2.34. The van der Waals surface area contributed by atoms with Gasteiger partial charge in [0.25, 0.3) is 0 Å². The summed E-state index contributed by atoms with van der Waals surface area (Å²) in [7, 11) is -3.47. The zero-order valence-electron chi connectivity index (χ0n) is 12.1. The summed E-state index contributed by atoms with van der Waals surface area (Å²) in [5.41, 5.74) is 7.21. The molecular formula is C14H22N2O4S. The summed E-state index contributed by atoms with van der Waals surface area (Å²) in [5, 5.41) is 9.17. The van der Waals surface area contributed by atoms with Crippen LogP contribution in [-0.2, 0) is 27.1 Å². The lowest BCUT2D eigenvalue weighted by Gasteiger charge is -2.36. The van der Waals surface area contributed by atoms with Crippen LogP contribution in [0.15, 0.2) is 24.3 Å². The molecule has 2 unspecified atom stereocenters. The highest BCUT2D eigenvalue weighted by atomic mass is 32.2. The molecule has 118 valence electrons. The third-order valence-corrected chi connectivity index (χ3v) is 5.58. The number of sulfonamides is 1. The largest absolute Gasteiger partial charge is 0.394 e. The smallest absolute Gasteiger partial charge is 0.218 e. The van der Waals surface area contributed by atoms with Crippen molar-refractivity contribution in [3.63, 3.8) is 0 Å². The summed E-state index contributed by atoms with van der Waals surface area (Å²) in [6.07, 6.45) is -0.458. The third-order valence-electron chi connectivity index (χ3n) is 3.69. The highest BCUT2D eigenvalue weighted by molar-refractivity contribution is 7.88. The van der Waals surface area contributed by atoms with E-state index in [1.54, 1.807) is 13.0 Å². The van der Waals surface area contributed by atoms with Crippen molar-refractivity contribution in [2.45, 2.75) is 31.4 Å². The second kappa shape index (κ2) is 6.85. The quantitative estimate of drug-likeness (QED) is 0.801. The molecule has 0 aromatic heterocycles. The molecular weight excluding hydrogens is 292 g/mol. The Balaban J connectivity index is 2.21. The minimum atomic E-state index is -3.47. The molecule has 21 heavy (non-hydrogen) atoms. The van der Waals surface area contributed by atoms with E-state index < -0.39 is 16.1 Å². The van der Waals surface area contributed by atoms with Crippen LogP contribution in [0.5, 0.6) is 0 Å². The van der Waals surface area contributed by atoms with E-state index in [4.69, 9.17) is 15.6 Å². The van der Waals surface area contributed by atoms with Crippen molar-refractivity contribution >= 4 is 10.0 Å². The van der Waals surface area contributed by atoms with Crippen LogP contribution in [0.3, 0.4) is 0 Å². The molecule has 2 atom stereocenters. The third kappa shape index (κ3) is 3.81. The van der Waals surface area contributed by atoms with Crippen LogP contribution in [0, 0.1) is 0 Å². The predicted molar refractivity (Wildman–Crippen MR) is 80.0 cm³/mol. The van der Waals surface area contributed by atoms with Crippen LogP contribution in [-0.4, -0.2) is 49.7 Å². The van der Waals surface area contributed by atoms with Gasteiger partial charge in [0.05, 0.1) is 25.1 Å². The second-order valence-electron chi connectivity index (χ2n) is 5.29. The minimum absolute atomic E-state index is 0.0805. The fraction of sp³-hybridized carbons (Fsp3) is 0.571. The van der Waals surface area contributed by atoms with Gasteiger partial charge in [-0.3, -0.25) is 0 Å². The topological polar surface area (TPSA) is 92.9 Å². The van der Waals surface area contributed by atoms with Crippen molar-refractivity contribution in [3.05, 3.63) is 35.4 Å². The van der Waals surface area contributed by atoms with Crippen molar-refractivity contribution in [1.29, 1.82) is 0 Å². The molecule has 0 spiro atoms. The maximum atomic E-state index is 12.6. The fourth-order valence-corrected chi connectivity index (χ4v) is 4.31. The number of aliphatic hydroxyl groups excluding tert-OH is 1. The maximum absolute atomic E-state index is 12.6. The first-order chi connectivity index (χ1) is 9.97. The molecule has 1 aliphatic rings. The summed E-state index contributed by atoms with van der Waals surface area (Å²) in [6.45, 7) is 2.41. The minimum Gasteiger partial charge on any atom is -0.394 e. The number of nitrogens with zero attached hydrogens (tertiary/aromatic N) is 1. The molecule has 0 amide bonds. The monoisotopic (exact) mass is 314 g/mol. The summed E-state index contributed by atoms with van der Waals surface area (Å²) < 4.78 is 32.1. The van der Waals surface area contributed by atoms with Gasteiger partial charge in [-0.05, 0) is 18.1 Å². The van der Waals surface area contributed by atoms with E-state index in [2.05, 4.69) is 0 Å². The van der Waals surface area contributed by atoms with Crippen LogP contribution in [0.4, 0.5) is 0 Å². The molecule has 6 nitrogen and oxygen atoms in total. The molecule has 0 radical (unpaired) electrons. The first-order valence-electron chi connectivity index (χ1n) is 6.96. The van der Waals surface area contributed by atoms with Crippen molar-refractivity contribution in [3.8, 4) is 0 Å². The lowest BCUT2D eigenvalue weighted by atomic mass is 10.1. The van der Waals surface area contributed by atoms with Crippen LogP contribution >= 0.6 is 0 Å². The Morgan fingerprint density at radius 3 is 2.67 bits per heavy atom. The Kier molecular flexibility index (Phi) is 5.34. The van der Waals surface area contributed by atoms with Gasteiger partial charge in [-0.25, -0.2) is 8.42 Å². The molecule has 0 bridgehead atoms. The number of aliphatic hydroxyl groups is 1. The Morgan fingerprint density at radius 2 is 2.05 bits per heavy atom. The SMILES string of the molecule is CC1COC(CO)CN1S(=O)(=O)Cc1ccccc1CN. The van der Waals surface area contributed by atoms with Crippen molar-refractivity contribution in [2.24, 2.45) is 5.73 Å². The zero-order chi connectivity index (χ0) is 15.5. The van der Waals surface area contributed by atoms with E-state index in [0.29, 0.717) is 13.2 Å². The molecule has 1 aromatic carbocycles. The highest BCUT2D eigenvalue weighted by Crippen LogP contribution is 2.21. The van der Waals surface area contributed by atoms with Gasteiger partial charge in [0.1, 0.15) is 0 Å². The van der Waals surface area contributed by atoms with Gasteiger partial charge < -0.3 is 15.6 Å². The number of rotatable bonds is 5. The summed E-state index contributed by atoms with van der Waals surface area (Å²) in [5.74, 6) is -0.0805. The van der Waals surface area contributed by atoms with Crippen LogP contribution in [0.1, 0.15) is 18.1 Å². The zero-order valence-corrected chi connectivity index (χ0v) is 12.9. The number of nitrogens with two attached hydrogens (primary N) is 1. The van der Waals surface area contributed by atoms with Gasteiger partial charge in [-0.1, -0.05) is 24.3 Å². The van der Waals surface area contributed by atoms with Gasteiger partial charge >= 0.3 is 0 Å². The molecule has 0 saturated carbocycles. The molecule has 1 aromatic rings. The van der Waals surface area contributed by atoms with Crippen LogP contribution in [0.25, 0.3) is 0 Å². The summed E-state index contributed by atoms with van der Waals surface area (Å²) in [6, 6.07) is 7.04. The number of morpholine rings is 1. The average Bonchev–Trinajstić information content (AvgIpc) is 2.47. The van der Waals surface area contributed by atoms with E-state index in [0.717, 1.165) is 11.1 Å². The first kappa shape index (κ1) is 16.4. The van der Waals surface area contributed by atoms with Gasteiger partial charge in [0.2, 0.25) is 10.0 Å². The molecule has 0 aliphatic carbocycles. The summed E-state index contributed by atoms with van der Waals surface area (Å²) in [4.78, 5) is 0. The van der Waals surface area contributed by atoms with E-state index in [1.807, 2.05) is 18.2 Å². The number of benzene rings is 1. The lowest BCUT2D eigenvalue weighted by Crippen LogP contribution is -2.52. The van der Waals surface area contributed by atoms with Crippen molar-refractivity contribution in [2.75, 3.05) is 19.8 Å². The van der Waals surface area contributed by atoms with Crippen LogP contribution < -0.4 is 5.73 Å². The number of hydrogen-bond acceptors (Lipinski definition) is 5. The van der Waals surface area contributed by atoms with Crippen molar-refractivity contribution in [1.82, 2.24) is 4.31 Å². The Labute approximate surface area is 125 Å². The first-order valence-corrected chi connectivity index (χ1v) is 8.57. The normalized spacial score (nSPS) is 24.1. The standard InChI is InChI=1S/C14H22N2O4S/c1-11-9-20-14(8-17)7-16(11)21(18,19)10-13-5-3-2-4-12(13)6-15/h2-5,11,14,17H,6-10,15H2,1H3. The Morgan fingerprint density at radius 1 is 1.38 bits per heavy atom. The Hall–Kier alpha value is -0.990. The molecule has 3 N–H and O–H groups in total. The molecule has 1 saturated heterocycles. The Bertz CT molecular complexity index is 576. The van der Waals surface area contributed by atoms with Crippen LogP contribution in [0.2, 0.25) is 0 Å². The maximum Gasteiger partial charge on any atom is 0.218 e. The van der Waals surface area contributed by atoms with E-state index in [-0.39, 0.29) is 24.9 Å². The van der Waals surface area contributed by atoms with Gasteiger partial charge in [-0.2, -0.15) is 4.31 Å². The second-order valence-corrected chi connectivity index (χ2v) is 7.21. The van der Waals surface area contributed by atoms with Crippen molar-refractivity contribution < 1.29 is 18.3 Å². The molecule has 1 aliphatic heterocycles. The molecule has 2 rings (SSSR count). The van der Waals surface area contributed by atoms with E-state index >= 15 is 0 Å². The predicted octanol–water partition coefficient (Wildman–Crippen LogP) is 0.0567. The summed E-state index contributed by atoms with van der Waals surface area (Å²) >= 11 is 0. The van der Waals surface area contributed by atoms with E-state index in [1.165, 1.54) is 4.31 Å². The lowest BCUT2D eigenvalue weighted by molar-refractivity contribution is -0.0516. The number of hydrogen-bond donors (Lipinski definition) is 2. The molecule has 1 heterocycles. The molecule has 7 heteroatoms. The van der Waals surface area contributed by atoms with Gasteiger partial charge in [-0.15, -0.1) is 0 Å². The fourth-order valence-electron chi connectivity index (χ4n) is 2.47. The van der Waals surface area contributed by atoms with E-state index in [9.17, 15) is 8.42 Å². The molecule has 1 fully saturated rings. The van der Waals surface area contributed by atoms with Gasteiger partial charge in [0, 0.05) is 19.1 Å². The average molecular weight is 314 g/mol. The number of ether oxygens (including phenoxy) is 1. The van der Waals surface area contributed by atoms with Gasteiger partial charge in [0.15, 0.2) is 0 Å².